The minimum atomic E-state index is -0.796. The smallest absolute Gasteiger partial charge is 0.269 e. The van der Waals surface area contributed by atoms with E-state index in [-0.39, 0.29) is 11.5 Å². The molecule has 1 aliphatic carbocycles. The van der Waals surface area contributed by atoms with E-state index < -0.39 is 17.8 Å². The van der Waals surface area contributed by atoms with Crippen LogP contribution in [0, 0.1) is 5.41 Å². The third kappa shape index (κ3) is 1.81. The van der Waals surface area contributed by atoms with Gasteiger partial charge < -0.3 is 0 Å². The van der Waals surface area contributed by atoms with Gasteiger partial charge in [-0.3, -0.25) is 19.8 Å². The number of carbonyl (C=O) groups is 3. The van der Waals surface area contributed by atoms with Gasteiger partial charge in [0.2, 0.25) is 0 Å². The number of hydrogen-bond acceptors (Lipinski definition) is 3. The first-order valence-electron chi connectivity index (χ1n) is 5.59. The fourth-order valence-corrected chi connectivity index (χ4v) is 2.39. The summed E-state index contributed by atoms with van der Waals surface area (Å²) in [7, 11) is 0. The molecule has 5 nitrogen and oxygen atoms in total. The summed E-state index contributed by atoms with van der Waals surface area (Å²) in [5.41, 5.74) is 0.278. The van der Waals surface area contributed by atoms with E-state index in [1.165, 1.54) is 0 Å². The van der Waals surface area contributed by atoms with Crippen molar-refractivity contribution in [3.05, 3.63) is 0 Å². The number of carbonyl (C=O) groups excluding carboxylic acids is 3. The Balaban J connectivity index is 2.07. The number of rotatable bonds is 1. The fraction of sp³-hybridized carbons (Fsp3) is 0.727. The summed E-state index contributed by atoms with van der Waals surface area (Å²) in [5.74, 6) is -1.50. The van der Waals surface area contributed by atoms with Crippen LogP contribution in [0.4, 0.5) is 4.79 Å². The Kier molecular flexibility index (Phi) is 2.48. The number of nitrogens with zero attached hydrogens (tertiary/aromatic N) is 1. The van der Waals surface area contributed by atoms with Gasteiger partial charge in [0.1, 0.15) is 0 Å². The van der Waals surface area contributed by atoms with Crippen LogP contribution in [0.3, 0.4) is 0 Å². The maximum atomic E-state index is 11.5. The highest BCUT2D eigenvalue weighted by Crippen LogP contribution is 2.37. The van der Waals surface area contributed by atoms with Crippen LogP contribution in [0.1, 0.15) is 39.5 Å². The summed E-state index contributed by atoms with van der Waals surface area (Å²) in [6.07, 6.45) is 3.53. The molecule has 1 saturated heterocycles. The monoisotopic (exact) mass is 224 g/mol. The molecule has 1 saturated carbocycles. The Morgan fingerprint density at radius 2 is 1.75 bits per heavy atom. The van der Waals surface area contributed by atoms with Gasteiger partial charge >= 0.3 is 17.8 Å². The molecular weight excluding hydrogens is 208 g/mol. The van der Waals surface area contributed by atoms with Gasteiger partial charge in [0, 0.05) is 6.04 Å². The normalized spacial score (nSPS) is 26.1. The number of nitrogens with one attached hydrogen (secondary N) is 1. The highest BCUT2D eigenvalue weighted by atomic mass is 16.2. The lowest BCUT2D eigenvalue weighted by atomic mass is 9.75. The van der Waals surface area contributed by atoms with Crippen LogP contribution < -0.4 is 5.32 Å². The van der Waals surface area contributed by atoms with Crippen LogP contribution >= 0.6 is 0 Å². The van der Waals surface area contributed by atoms with E-state index in [2.05, 4.69) is 13.8 Å². The molecule has 4 amide bonds. The third-order valence-corrected chi connectivity index (χ3v) is 3.53. The Morgan fingerprint density at radius 3 is 2.19 bits per heavy atom. The summed E-state index contributed by atoms with van der Waals surface area (Å²) in [6, 6.07) is -0.660. The second-order valence-corrected chi connectivity index (χ2v) is 5.33. The van der Waals surface area contributed by atoms with Crippen molar-refractivity contribution in [1.29, 1.82) is 0 Å². The first-order chi connectivity index (χ1) is 7.41. The van der Waals surface area contributed by atoms with Crippen molar-refractivity contribution in [2.75, 3.05) is 0 Å². The van der Waals surface area contributed by atoms with Gasteiger partial charge in [0.05, 0.1) is 0 Å². The van der Waals surface area contributed by atoms with E-state index in [0.717, 1.165) is 30.6 Å². The largest absolute Gasteiger partial charge is 0.331 e. The lowest BCUT2D eigenvalue weighted by Crippen LogP contribution is -2.43. The predicted molar refractivity (Wildman–Crippen MR) is 56.4 cm³/mol. The number of amides is 4. The van der Waals surface area contributed by atoms with Crippen molar-refractivity contribution in [2.45, 2.75) is 45.6 Å². The SMILES string of the molecule is CC1(C)CCC(N2C(=O)NC(=O)C2=O)CC1. The van der Waals surface area contributed by atoms with E-state index in [1.807, 2.05) is 5.32 Å². The molecule has 0 radical (unpaired) electrons. The van der Waals surface area contributed by atoms with Gasteiger partial charge in [-0.2, -0.15) is 0 Å². The first-order valence-corrected chi connectivity index (χ1v) is 5.59. The maximum Gasteiger partial charge on any atom is 0.331 e. The molecule has 2 rings (SSSR count). The van der Waals surface area contributed by atoms with Gasteiger partial charge in [-0.05, 0) is 31.1 Å². The highest BCUT2D eigenvalue weighted by molar-refractivity contribution is 6.44. The zero-order valence-electron chi connectivity index (χ0n) is 9.58. The fourth-order valence-electron chi connectivity index (χ4n) is 2.39. The van der Waals surface area contributed by atoms with Gasteiger partial charge in [0.15, 0.2) is 0 Å². The third-order valence-electron chi connectivity index (χ3n) is 3.53. The molecule has 2 aliphatic rings. The summed E-state index contributed by atoms with van der Waals surface area (Å²) in [6.45, 7) is 4.36. The van der Waals surface area contributed by atoms with E-state index >= 15 is 0 Å². The quantitative estimate of drug-likeness (QED) is 0.534. The summed E-state index contributed by atoms with van der Waals surface area (Å²) < 4.78 is 0. The molecule has 0 bridgehead atoms. The van der Waals surface area contributed by atoms with Gasteiger partial charge in [-0.1, -0.05) is 13.8 Å². The Morgan fingerprint density at radius 1 is 1.19 bits per heavy atom. The number of urea groups is 1. The molecule has 16 heavy (non-hydrogen) atoms. The molecule has 0 aromatic carbocycles. The van der Waals surface area contributed by atoms with Crippen LogP contribution in [-0.2, 0) is 9.59 Å². The molecule has 1 aliphatic heterocycles. The summed E-state index contributed by atoms with van der Waals surface area (Å²) in [5, 5.41) is 2.03. The van der Waals surface area contributed by atoms with Crippen LogP contribution in [0.25, 0.3) is 0 Å². The van der Waals surface area contributed by atoms with Crippen molar-refractivity contribution in [2.24, 2.45) is 5.41 Å². The van der Waals surface area contributed by atoms with Crippen LogP contribution in [0.15, 0.2) is 0 Å². The van der Waals surface area contributed by atoms with Crippen molar-refractivity contribution in [3.63, 3.8) is 0 Å². The Hall–Kier alpha value is -1.39. The zero-order valence-corrected chi connectivity index (χ0v) is 9.58. The lowest BCUT2D eigenvalue weighted by Gasteiger charge is -2.36. The molecule has 0 spiro atoms. The molecule has 0 aromatic rings. The second kappa shape index (κ2) is 3.57. The molecule has 0 aromatic heterocycles. The predicted octanol–water partition coefficient (Wildman–Crippen LogP) is 1.03. The molecule has 2 fully saturated rings. The minimum Gasteiger partial charge on any atom is -0.269 e. The van der Waals surface area contributed by atoms with E-state index in [1.54, 1.807) is 0 Å². The topological polar surface area (TPSA) is 66.5 Å². The van der Waals surface area contributed by atoms with Crippen LogP contribution in [0.5, 0.6) is 0 Å². The molecule has 1 N–H and O–H groups in total. The molecule has 0 atom stereocenters. The van der Waals surface area contributed by atoms with Gasteiger partial charge in [-0.15, -0.1) is 0 Å². The van der Waals surface area contributed by atoms with Crippen LogP contribution in [-0.4, -0.2) is 28.8 Å². The van der Waals surface area contributed by atoms with Crippen molar-refractivity contribution in [1.82, 2.24) is 10.2 Å². The van der Waals surface area contributed by atoms with E-state index in [9.17, 15) is 14.4 Å². The number of imide groups is 2. The summed E-state index contributed by atoms with van der Waals surface area (Å²) in [4.78, 5) is 35.0. The number of hydrogen-bond donors (Lipinski definition) is 1. The zero-order chi connectivity index (χ0) is 11.9. The Bertz CT molecular complexity index is 352. The summed E-state index contributed by atoms with van der Waals surface area (Å²) >= 11 is 0. The minimum absolute atomic E-state index is 0.105. The maximum absolute atomic E-state index is 11.5. The average Bonchev–Trinajstić information content (AvgIpc) is 2.43. The van der Waals surface area contributed by atoms with Gasteiger partial charge in [0.25, 0.3) is 0 Å². The first kappa shape index (κ1) is 11.1. The molecular formula is C11H16N2O3. The van der Waals surface area contributed by atoms with Crippen molar-refractivity contribution < 1.29 is 14.4 Å². The van der Waals surface area contributed by atoms with E-state index in [4.69, 9.17) is 0 Å². The van der Waals surface area contributed by atoms with E-state index in [0.29, 0.717) is 0 Å². The molecule has 1 heterocycles. The molecule has 5 heteroatoms. The highest BCUT2D eigenvalue weighted by Gasteiger charge is 2.43. The Labute approximate surface area is 94.2 Å². The van der Waals surface area contributed by atoms with Gasteiger partial charge in [-0.25, -0.2) is 4.79 Å². The van der Waals surface area contributed by atoms with Crippen molar-refractivity contribution in [3.8, 4) is 0 Å². The second-order valence-electron chi connectivity index (χ2n) is 5.33. The van der Waals surface area contributed by atoms with Crippen molar-refractivity contribution >= 4 is 17.8 Å². The standard InChI is InChI=1S/C11H16N2O3/c1-11(2)5-3-7(4-6-11)13-9(15)8(14)12-10(13)16/h7H,3-6H2,1-2H3,(H,12,14,16). The lowest BCUT2D eigenvalue weighted by molar-refractivity contribution is -0.141. The molecule has 0 unspecified atom stereocenters. The molecule has 88 valence electrons. The van der Waals surface area contributed by atoms with Crippen LogP contribution in [0.2, 0.25) is 0 Å². The average molecular weight is 224 g/mol.